The summed E-state index contributed by atoms with van der Waals surface area (Å²) in [7, 11) is 0. The standard InChI is InChI=1S/C13H10N4O/c18-13(11-5-6-15-17-11)16-12-8-14-7-9-3-1-2-4-10(9)12/h1-8H,(H,15,17)(H,16,18). The Morgan fingerprint density at radius 3 is 2.89 bits per heavy atom. The molecule has 18 heavy (non-hydrogen) atoms. The number of nitrogens with zero attached hydrogens (tertiary/aromatic N) is 2. The summed E-state index contributed by atoms with van der Waals surface area (Å²) < 4.78 is 0. The molecule has 2 N–H and O–H groups in total. The molecule has 0 saturated heterocycles. The van der Waals surface area contributed by atoms with Gasteiger partial charge in [-0.25, -0.2) is 0 Å². The van der Waals surface area contributed by atoms with Crippen molar-refractivity contribution in [3.8, 4) is 0 Å². The topological polar surface area (TPSA) is 70.7 Å². The molecule has 2 aromatic heterocycles. The summed E-state index contributed by atoms with van der Waals surface area (Å²) in [5.74, 6) is -0.231. The maximum absolute atomic E-state index is 11.9. The molecule has 0 unspecified atom stereocenters. The number of aromatic nitrogens is 3. The van der Waals surface area contributed by atoms with Crippen LogP contribution in [0, 0.1) is 0 Å². The van der Waals surface area contributed by atoms with Gasteiger partial charge in [-0.05, 0) is 6.07 Å². The minimum absolute atomic E-state index is 0.231. The predicted molar refractivity (Wildman–Crippen MR) is 68.3 cm³/mol. The number of hydrogen-bond donors (Lipinski definition) is 2. The Bertz CT molecular complexity index is 686. The van der Waals surface area contributed by atoms with Gasteiger partial charge < -0.3 is 5.32 Å². The van der Waals surface area contributed by atoms with Crippen molar-refractivity contribution in [2.24, 2.45) is 0 Å². The van der Waals surface area contributed by atoms with Gasteiger partial charge in [-0.2, -0.15) is 5.10 Å². The normalized spacial score (nSPS) is 10.4. The van der Waals surface area contributed by atoms with Crippen LogP contribution in [0.4, 0.5) is 5.69 Å². The van der Waals surface area contributed by atoms with Gasteiger partial charge in [0.1, 0.15) is 5.69 Å². The Hall–Kier alpha value is -2.69. The molecule has 3 aromatic rings. The van der Waals surface area contributed by atoms with Crippen molar-refractivity contribution >= 4 is 22.4 Å². The van der Waals surface area contributed by atoms with E-state index in [0.29, 0.717) is 11.4 Å². The molecule has 0 radical (unpaired) electrons. The molecule has 1 aromatic carbocycles. The molecule has 0 bridgehead atoms. The van der Waals surface area contributed by atoms with Crippen LogP contribution in [0.5, 0.6) is 0 Å². The molecule has 0 spiro atoms. The fourth-order valence-corrected chi connectivity index (χ4v) is 1.79. The van der Waals surface area contributed by atoms with Gasteiger partial charge in [-0.1, -0.05) is 24.3 Å². The Morgan fingerprint density at radius 2 is 2.06 bits per heavy atom. The lowest BCUT2D eigenvalue weighted by Crippen LogP contribution is -2.12. The largest absolute Gasteiger partial charge is 0.319 e. The zero-order chi connectivity index (χ0) is 12.4. The van der Waals surface area contributed by atoms with E-state index in [0.717, 1.165) is 10.8 Å². The number of aromatic amines is 1. The summed E-state index contributed by atoms with van der Waals surface area (Å²) >= 11 is 0. The molecular formula is C13H10N4O. The second kappa shape index (κ2) is 4.29. The SMILES string of the molecule is O=C(Nc1cncc2ccccc12)c1ccn[nH]1. The number of fused-ring (bicyclic) bond motifs is 1. The summed E-state index contributed by atoms with van der Waals surface area (Å²) in [4.78, 5) is 16.0. The lowest BCUT2D eigenvalue weighted by Gasteiger charge is -2.06. The number of amides is 1. The van der Waals surface area contributed by atoms with E-state index in [2.05, 4.69) is 20.5 Å². The Labute approximate surface area is 103 Å². The van der Waals surface area contributed by atoms with Crippen LogP contribution in [0.1, 0.15) is 10.5 Å². The van der Waals surface area contributed by atoms with Crippen molar-refractivity contribution in [3.63, 3.8) is 0 Å². The fourth-order valence-electron chi connectivity index (χ4n) is 1.79. The number of rotatable bonds is 2. The van der Waals surface area contributed by atoms with E-state index in [9.17, 15) is 4.79 Å². The van der Waals surface area contributed by atoms with Crippen molar-refractivity contribution in [2.45, 2.75) is 0 Å². The van der Waals surface area contributed by atoms with Gasteiger partial charge in [-0.3, -0.25) is 14.9 Å². The van der Waals surface area contributed by atoms with Crippen LogP contribution in [0.25, 0.3) is 10.8 Å². The van der Waals surface area contributed by atoms with Crippen molar-refractivity contribution in [1.29, 1.82) is 0 Å². The first-order chi connectivity index (χ1) is 8.84. The van der Waals surface area contributed by atoms with E-state index >= 15 is 0 Å². The fraction of sp³-hybridized carbons (Fsp3) is 0. The van der Waals surface area contributed by atoms with Gasteiger partial charge in [0, 0.05) is 23.2 Å². The van der Waals surface area contributed by atoms with Crippen LogP contribution in [0.3, 0.4) is 0 Å². The molecule has 2 heterocycles. The number of nitrogens with one attached hydrogen (secondary N) is 2. The molecule has 0 aliphatic carbocycles. The van der Waals surface area contributed by atoms with Crippen LogP contribution in [-0.4, -0.2) is 21.1 Å². The van der Waals surface area contributed by atoms with Crippen molar-refractivity contribution in [2.75, 3.05) is 5.32 Å². The molecular weight excluding hydrogens is 228 g/mol. The van der Waals surface area contributed by atoms with Crippen LogP contribution < -0.4 is 5.32 Å². The van der Waals surface area contributed by atoms with E-state index in [1.807, 2.05) is 24.3 Å². The Kier molecular flexibility index (Phi) is 2.49. The minimum Gasteiger partial charge on any atom is -0.319 e. The number of H-pyrrole nitrogens is 1. The zero-order valence-corrected chi connectivity index (χ0v) is 9.42. The summed E-state index contributed by atoms with van der Waals surface area (Å²) in [6.07, 6.45) is 4.94. The van der Waals surface area contributed by atoms with Gasteiger partial charge in [0.05, 0.1) is 11.9 Å². The van der Waals surface area contributed by atoms with Gasteiger partial charge in [0.2, 0.25) is 0 Å². The van der Waals surface area contributed by atoms with E-state index in [1.165, 1.54) is 6.20 Å². The first kappa shape index (κ1) is 10.5. The number of benzene rings is 1. The minimum atomic E-state index is -0.231. The average Bonchev–Trinajstić information content (AvgIpc) is 2.93. The van der Waals surface area contributed by atoms with Gasteiger partial charge >= 0.3 is 0 Å². The Morgan fingerprint density at radius 1 is 1.17 bits per heavy atom. The van der Waals surface area contributed by atoms with Crippen LogP contribution in [0.2, 0.25) is 0 Å². The third-order valence-electron chi connectivity index (χ3n) is 2.66. The smallest absolute Gasteiger partial charge is 0.273 e. The average molecular weight is 238 g/mol. The Balaban J connectivity index is 1.98. The quantitative estimate of drug-likeness (QED) is 0.719. The molecule has 0 fully saturated rings. The zero-order valence-electron chi connectivity index (χ0n) is 9.42. The maximum Gasteiger partial charge on any atom is 0.273 e. The third-order valence-corrected chi connectivity index (χ3v) is 2.66. The molecule has 0 atom stereocenters. The highest BCUT2D eigenvalue weighted by atomic mass is 16.1. The first-order valence-electron chi connectivity index (χ1n) is 5.48. The number of carbonyl (C=O) groups excluding carboxylic acids is 1. The summed E-state index contributed by atoms with van der Waals surface area (Å²) in [5.41, 5.74) is 1.11. The number of carbonyl (C=O) groups is 1. The molecule has 3 rings (SSSR count). The molecule has 1 amide bonds. The van der Waals surface area contributed by atoms with Crippen LogP contribution >= 0.6 is 0 Å². The van der Waals surface area contributed by atoms with Crippen molar-refractivity contribution in [3.05, 3.63) is 54.6 Å². The first-order valence-corrected chi connectivity index (χ1v) is 5.48. The van der Waals surface area contributed by atoms with Gasteiger partial charge in [0.15, 0.2) is 0 Å². The van der Waals surface area contributed by atoms with Crippen LogP contribution in [-0.2, 0) is 0 Å². The number of hydrogen-bond acceptors (Lipinski definition) is 3. The summed E-state index contributed by atoms with van der Waals surface area (Å²) in [5, 5.41) is 11.1. The maximum atomic E-state index is 11.9. The van der Waals surface area contributed by atoms with E-state index in [1.54, 1.807) is 18.5 Å². The molecule has 5 nitrogen and oxygen atoms in total. The lowest BCUT2D eigenvalue weighted by atomic mass is 10.1. The second-order valence-electron chi connectivity index (χ2n) is 3.83. The molecule has 5 heteroatoms. The monoisotopic (exact) mass is 238 g/mol. The molecule has 0 aliphatic rings. The van der Waals surface area contributed by atoms with Gasteiger partial charge in [0.25, 0.3) is 5.91 Å². The highest BCUT2D eigenvalue weighted by molar-refractivity contribution is 6.07. The third kappa shape index (κ3) is 1.82. The van der Waals surface area contributed by atoms with E-state index < -0.39 is 0 Å². The van der Waals surface area contributed by atoms with Gasteiger partial charge in [-0.15, -0.1) is 0 Å². The second-order valence-corrected chi connectivity index (χ2v) is 3.83. The highest BCUT2D eigenvalue weighted by Crippen LogP contribution is 2.21. The molecule has 0 saturated carbocycles. The molecule has 88 valence electrons. The number of pyridine rings is 1. The molecule has 0 aliphatic heterocycles. The van der Waals surface area contributed by atoms with E-state index in [4.69, 9.17) is 0 Å². The van der Waals surface area contributed by atoms with Crippen LogP contribution in [0.15, 0.2) is 48.9 Å². The predicted octanol–water partition coefficient (Wildman–Crippen LogP) is 2.21. The summed E-state index contributed by atoms with van der Waals surface area (Å²) in [6, 6.07) is 9.38. The van der Waals surface area contributed by atoms with E-state index in [-0.39, 0.29) is 5.91 Å². The highest BCUT2D eigenvalue weighted by Gasteiger charge is 2.09. The summed E-state index contributed by atoms with van der Waals surface area (Å²) in [6.45, 7) is 0. The number of anilines is 1. The van der Waals surface area contributed by atoms with Crippen molar-refractivity contribution < 1.29 is 4.79 Å². The lowest BCUT2D eigenvalue weighted by molar-refractivity contribution is 0.102. The van der Waals surface area contributed by atoms with Crippen molar-refractivity contribution in [1.82, 2.24) is 15.2 Å².